The van der Waals surface area contributed by atoms with E-state index in [1.54, 1.807) is 11.1 Å². The van der Waals surface area contributed by atoms with E-state index in [4.69, 9.17) is 15.0 Å². The average Bonchev–Trinajstić information content (AvgIpc) is 3.63. The normalized spacial score (nSPS) is 21.6. The fourth-order valence-electron chi connectivity index (χ4n) is 12.8. The molecule has 4 fully saturated rings. The number of hydrogen-bond acceptors (Lipinski definition) is 4. The van der Waals surface area contributed by atoms with Crippen LogP contribution < -0.4 is 0 Å². The first-order valence-corrected chi connectivity index (χ1v) is 22.2. The lowest BCUT2D eigenvalue weighted by atomic mass is 9.43. The summed E-state index contributed by atoms with van der Waals surface area (Å²) in [5.41, 5.74) is 14.2. The molecule has 1 heterocycles. The highest BCUT2D eigenvalue weighted by Gasteiger charge is 2.62. The number of hydrogen-bond donors (Lipinski definition) is 0. The first-order chi connectivity index (χ1) is 30.6. The Morgan fingerprint density at radius 3 is 1.65 bits per heavy atom. The third-order valence-corrected chi connectivity index (χ3v) is 15.1. The third-order valence-electron chi connectivity index (χ3n) is 15.1. The second-order valence-electron chi connectivity index (χ2n) is 18.3. The Bertz CT molecular complexity index is 3280. The smallest absolute Gasteiger partial charge is 0.164 e. The van der Waals surface area contributed by atoms with Gasteiger partial charge in [-0.3, -0.25) is 0 Å². The zero-order chi connectivity index (χ0) is 40.9. The van der Waals surface area contributed by atoms with E-state index in [-0.39, 0.29) is 5.41 Å². The van der Waals surface area contributed by atoms with Gasteiger partial charge in [-0.15, -0.1) is 0 Å². The third kappa shape index (κ3) is 5.28. The van der Waals surface area contributed by atoms with Crippen molar-refractivity contribution in [2.45, 2.75) is 37.5 Å². The summed E-state index contributed by atoms with van der Waals surface area (Å²) < 4.78 is 0. The number of fused-ring (bicyclic) bond motifs is 6. The summed E-state index contributed by atoms with van der Waals surface area (Å²) in [4.78, 5) is 15.3. The molecule has 62 heavy (non-hydrogen) atoms. The highest BCUT2D eigenvalue weighted by atomic mass is 15.0. The minimum Gasteiger partial charge on any atom is -0.208 e. The van der Waals surface area contributed by atoms with Crippen molar-refractivity contribution in [1.29, 1.82) is 5.26 Å². The van der Waals surface area contributed by atoms with Crippen molar-refractivity contribution in [1.82, 2.24) is 15.0 Å². The summed E-state index contributed by atoms with van der Waals surface area (Å²) in [5.74, 6) is 5.01. The zero-order valence-corrected chi connectivity index (χ0v) is 34.3. The molecule has 4 bridgehead atoms. The number of nitriles is 1. The Hall–Kier alpha value is -7.22. The number of benzene rings is 8. The molecule has 4 nitrogen and oxygen atoms in total. The van der Waals surface area contributed by atoms with Crippen LogP contribution in [0.3, 0.4) is 0 Å². The molecule has 8 aromatic carbocycles. The molecule has 5 aliphatic carbocycles. The second kappa shape index (κ2) is 13.6. The van der Waals surface area contributed by atoms with Crippen LogP contribution in [0, 0.1) is 35.0 Å². The van der Waals surface area contributed by atoms with Gasteiger partial charge in [-0.25, -0.2) is 15.0 Å². The maximum atomic E-state index is 9.37. The van der Waals surface area contributed by atoms with Crippen molar-refractivity contribution >= 4 is 21.5 Å². The van der Waals surface area contributed by atoms with Crippen LogP contribution in [-0.2, 0) is 5.41 Å². The maximum Gasteiger partial charge on any atom is 0.164 e. The second-order valence-corrected chi connectivity index (χ2v) is 18.3. The van der Waals surface area contributed by atoms with Crippen LogP contribution in [0.15, 0.2) is 170 Å². The van der Waals surface area contributed by atoms with Crippen LogP contribution in [0.5, 0.6) is 0 Å². The lowest BCUT2D eigenvalue weighted by Gasteiger charge is -2.61. The van der Waals surface area contributed by atoms with E-state index in [0.29, 0.717) is 34.9 Å². The van der Waals surface area contributed by atoms with Gasteiger partial charge >= 0.3 is 0 Å². The van der Waals surface area contributed by atoms with Gasteiger partial charge < -0.3 is 0 Å². The highest BCUT2D eigenvalue weighted by Crippen LogP contribution is 2.71. The molecule has 14 rings (SSSR count). The fraction of sp³-hybridized carbons (Fsp3) is 0.172. The molecular weight excluding hydrogens is 753 g/mol. The molecule has 294 valence electrons. The number of rotatable bonds is 5. The number of aromatic nitrogens is 3. The van der Waals surface area contributed by atoms with E-state index in [1.807, 2.05) is 48.5 Å². The molecule has 0 amide bonds. The summed E-state index contributed by atoms with van der Waals surface area (Å²) in [6, 6.07) is 63.2. The lowest BCUT2D eigenvalue weighted by molar-refractivity contribution is -0.0398. The van der Waals surface area contributed by atoms with Crippen LogP contribution in [0.25, 0.3) is 89.1 Å². The Labute approximate surface area is 361 Å². The van der Waals surface area contributed by atoms with Crippen LogP contribution in [0.4, 0.5) is 0 Å². The molecule has 9 aromatic rings. The molecule has 0 atom stereocenters. The van der Waals surface area contributed by atoms with E-state index >= 15 is 0 Å². The van der Waals surface area contributed by atoms with E-state index < -0.39 is 0 Å². The molecule has 4 heteroatoms. The minimum atomic E-state index is 0.0490. The monoisotopic (exact) mass is 794 g/mol. The van der Waals surface area contributed by atoms with Crippen LogP contribution >= 0.6 is 0 Å². The Morgan fingerprint density at radius 1 is 0.403 bits per heavy atom. The molecular formula is C58H42N4. The van der Waals surface area contributed by atoms with Gasteiger partial charge in [0.25, 0.3) is 0 Å². The zero-order valence-electron chi connectivity index (χ0n) is 34.3. The maximum absolute atomic E-state index is 9.37. The SMILES string of the molecule is N#Cc1ccc(-c2cccc(-c3nc(-c4ccccc4)nc(-c4ccc(-c5c6c(cc7ccccc57)C5(c7ccc8ccccc8c7-6)C6CC7CC(C6)CC5C7)cc4)n3)c2)cc1. The van der Waals surface area contributed by atoms with Gasteiger partial charge in [0.05, 0.1) is 11.6 Å². The van der Waals surface area contributed by atoms with Gasteiger partial charge in [0.15, 0.2) is 17.5 Å². The van der Waals surface area contributed by atoms with E-state index in [2.05, 4.69) is 127 Å². The van der Waals surface area contributed by atoms with E-state index in [0.717, 1.165) is 39.7 Å². The molecule has 1 spiro atoms. The number of nitrogens with zero attached hydrogens (tertiary/aromatic N) is 4. The molecule has 0 N–H and O–H groups in total. The first-order valence-electron chi connectivity index (χ1n) is 22.2. The molecule has 0 radical (unpaired) electrons. The van der Waals surface area contributed by atoms with Gasteiger partial charge in [-0.1, -0.05) is 146 Å². The van der Waals surface area contributed by atoms with Gasteiger partial charge in [0.1, 0.15) is 0 Å². The van der Waals surface area contributed by atoms with Crippen molar-refractivity contribution in [3.8, 4) is 73.6 Å². The summed E-state index contributed by atoms with van der Waals surface area (Å²) in [7, 11) is 0. The lowest BCUT2D eigenvalue weighted by Crippen LogP contribution is -2.55. The largest absolute Gasteiger partial charge is 0.208 e. The predicted octanol–water partition coefficient (Wildman–Crippen LogP) is 14.1. The molecule has 4 saturated carbocycles. The van der Waals surface area contributed by atoms with Crippen LogP contribution in [0.2, 0.25) is 0 Å². The Kier molecular flexibility index (Phi) is 7.82. The van der Waals surface area contributed by atoms with E-state index in [9.17, 15) is 5.26 Å². The topological polar surface area (TPSA) is 62.5 Å². The molecule has 0 saturated heterocycles. The minimum absolute atomic E-state index is 0.0490. The van der Waals surface area contributed by atoms with Crippen LogP contribution in [0.1, 0.15) is 48.8 Å². The van der Waals surface area contributed by atoms with Crippen molar-refractivity contribution < 1.29 is 0 Å². The summed E-state index contributed by atoms with van der Waals surface area (Å²) in [5, 5.41) is 14.7. The van der Waals surface area contributed by atoms with Crippen LogP contribution in [-0.4, -0.2) is 15.0 Å². The molecule has 5 aliphatic rings. The van der Waals surface area contributed by atoms with E-state index in [1.165, 1.54) is 75.9 Å². The van der Waals surface area contributed by atoms with Gasteiger partial charge in [-0.2, -0.15) is 5.26 Å². The first kappa shape index (κ1) is 35.5. The molecule has 0 unspecified atom stereocenters. The highest BCUT2D eigenvalue weighted by molar-refractivity contribution is 6.13. The Balaban J connectivity index is 0.986. The molecule has 0 aliphatic heterocycles. The average molecular weight is 795 g/mol. The Morgan fingerprint density at radius 2 is 0.952 bits per heavy atom. The molecule has 1 aromatic heterocycles. The predicted molar refractivity (Wildman–Crippen MR) is 250 cm³/mol. The van der Waals surface area contributed by atoms with Crippen molar-refractivity contribution in [3.05, 3.63) is 187 Å². The van der Waals surface area contributed by atoms with Crippen molar-refractivity contribution in [2.24, 2.45) is 23.7 Å². The summed E-state index contributed by atoms with van der Waals surface area (Å²) in [6.07, 6.45) is 6.86. The van der Waals surface area contributed by atoms with Gasteiger partial charge in [-0.05, 0) is 146 Å². The van der Waals surface area contributed by atoms with Crippen molar-refractivity contribution in [2.75, 3.05) is 0 Å². The summed E-state index contributed by atoms with van der Waals surface area (Å²) in [6.45, 7) is 0. The van der Waals surface area contributed by atoms with Gasteiger partial charge in [0, 0.05) is 22.1 Å². The van der Waals surface area contributed by atoms with Gasteiger partial charge in [0.2, 0.25) is 0 Å². The summed E-state index contributed by atoms with van der Waals surface area (Å²) >= 11 is 0. The quantitative estimate of drug-likeness (QED) is 0.174. The standard InChI is InChI=1S/C58H42N4/c59-34-35-17-19-38(20-18-35)43-13-8-14-45(32-43)57-61-55(41-10-2-1-3-11-41)60-56(62-57)42-23-21-40(22-24-42)52-49-16-7-5-12-44(49)33-51-54(52)53-48-15-6-4-9-39(48)25-26-50(53)58(51)46-28-36-27-37(30-46)31-47(58)29-36/h1-26,32-33,36-37,46-47H,27-31H2. The van der Waals surface area contributed by atoms with Crippen molar-refractivity contribution in [3.63, 3.8) is 0 Å². The fourth-order valence-corrected chi connectivity index (χ4v) is 12.8.